The monoisotopic (exact) mass is 195 g/mol. The number of nitrogens with zero attached hydrogens (tertiary/aromatic N) is 1. The Hall–Kier alpha value is -1.58. The molecular formula is C10H10FNO2. The van der Waals surface area contributed by atoms with Crippen molar-refractivity contribution in [1.82, 2.24) is 4.98 Å². The van der Waals surface area contributed by atoms with Gasteiger partial charge in [0, 0.05) is 5.56 Å². The molecule has 2 aromatic rings. The minimum Gasteiger partial charge on any atom is -0.505 e. The summed E-state index contributed by atoms with van der Waals surface area (Å²) >= 11 is 0. The Bertz CT molecular complexity index is 476. The summed E-state index contributed by atoms with van der Waals surface area (Å²) in [5, 5.41) is 9.53. The first kappa shape index (κ1) is 8.99. The van der Waals surface area contributed by atoms with Crippen molar-refractivity contribution in [3.63, 3.8) is 0 Å². The third kappa shape index (κ3) is 1.14. The van der Waals surface area contributed by atoms with Gasteiger partial charge in [-0.15, -0.1) is 0 Å². The molecule has 0 aliphatic heterocycles. The SMILES string of the molecule is CC(C)c1cc2ocnc2c(F)c1O. The lowest BCUT2D eigenvalue weighted by atomic mass is 10.0. The first-order valence-electron chi connectivity index (χ1n) is 4.35. The van der Waals surface area contributed by atoms with Gasteiger partial charge in [-0.3, -0.25) is 0 Å². The van der Waals surface area contributed by atoms with Gasteiger partial charge in [-0.2, -0.15) is 0 Å². The molecule has 0 fully saturated rings. The van der Waals surface area contributed by atoms with Crippen molar-refractivity contribution in [3.8, 4) is 5.75 Å². The second-order valence-electron chi connectivity index (χ2n) is 3.48. The lowest BCUT2D eigenvalue weighted by Crippen LogP contribution is -1.91. The number of hydrogen-bond acceptors (Lipinski definition) is 3. The third-order valence-electron chi connectivity index (χ3n) is 2.19. The largest absolute Gasteiger partial charge is 0.505 e. The number of benzene rings is 1. The number of oxazole rings is 1. The van der Waals surface area contributed by atoms with E-state index in [0.717, 1.165) is 6.39 Å². The van der Waals surface area contributed by atoms with Crippen LogP contribution in [0.3, 0.4) is 0 Å². The molecule has 14 heavy (non-hydrogen) atoms. The Kier molecular flexibility index (Phi) is 1.91. The van der Waals surface area contributed by atoms with E-state index in [1.165, 1.54) is 0 Å². The number of phenols is 1. The Morgan fingerprint density at radius 2 is 2.21 bits per heavy atom. The molecule has 4 heteroatoms. The highest BCUT2D eigenvalue weighted by molar-refractivity contribution is 5.76. The van der Waals surface area contributed by atoms with E-state index >= 15 is 0 Å². The fourth-order valence-corrected chi connectivity index (χ4v) is 1.41. The summed E-state index contributed by atoms with van der Waals surface area (Å²) < 4.78 is 18.5. The van der Waals surface area contributed by atoms with Gasteiger partial charge in [0.15, 0.2) is 23.5 Å². The molecule has 2 rings (SSSR count). The Morgan fingerprint density at radius 3 is 2.86 bits per heavy atom. The molecule has 0 atom stereocenters. The topological polar surface area (TPSA) is 46.3 Å². The summed E-state index contributed by atoms with van der Waals surface area (Å²) in [7, 11) is 0. The van der Waals surface area contributed by atoms with Crippen LogP contribution in [-0.2, 0) is 0 Å². The van der Waals surface area contributed by atoms with Gasteiger partial charge in [0.25, 0.3) is 0 Å². The van der Waals surface area contributed by atoms with Crippen molar-refractivity contribution in [2.75, 3.05) is 0 Å². The fraction of sp³-hybridized carbons (Fsp3) is 0.300. The number of fused-ring (bicyclic) bond motifs is 1. The molecule has 0 saturated carbocycles. The van der Waals surface area contributed by atoms with E-state index in [1.807, 2.05) is 13.8 Å². The quantitative estimate of drug-likeness (QED) is 0.761. The molecule has 1 aromatic carbocycles. The summed E-state index contributed by atoms with van der Waals surface area (Å²) in [6, 6.07) is 1.62. The Labute approximate surface area is 80.2 Å². The Morgan fingerprint density at radius 1 is 1.50 bits per heavy atom. The molecule has 0 amide bonds. The molecule has 1 heterocycles. The van der Waals surface area contributed by atoms with Crippen LogP contribution in [0.5, 0.6) is 5.75 Å². The zero-order chi connectivity index (χ0) is 10.3. The molecule has 1 aromatic heterocycles. The Balaban J connectivity index is 2.80. The highest BCUT2D eigenvalue weighted by Crippen LogP contribution is 2.33. The van der Waals surface area contributed by atoms with Crippen molar-refractivity contribution < 1.29 is 13.9 Å². The summed E-state index contributed by atoms with van der Waals surface area (Å²) in [4.78, 5) is 3.68. The van der Waals surface area contributed by atoms with Gasteiger partial charge < -0.3 is 9.52 Å². The predicted octanol–water partition coefficient (Wildman–Crippen LogP) is 2.80. The molecule has 0 unspecified atom stereocenters. The van der Waals surface area contributed by atoms with E-state index in [2.05, 4.69) is 4.98 Å². The average Bonchev–Trinajstić information content (AvgIpc) is 2.58. The predicted molar refractivity (Wildman–Crippen MR) is 49.7 cm³/mol. The molecule has 0 aliphatic rings. The van der Waals surface area contributed by atoms with Crippen LogP contribution in [0.15, 0.2) is 16.9 Å². The maximum Gasteiger partial charge on any atom is 0.194 e. The van der Waals surface area contributed by atoms with Crippen LogP contribution in [0.25, 0.3) is 11.1 Å². The summed E-state index contributed by atoms with van der Waals surface area (Å²) in [6.45, 7) is 3.74. The van der Waals surface area contributed by atoms with Gasteiger partial charge >= 0.3 is 0 Å². The van der Waals surface area contributed by atoms with Crippen molar-refractivity contribution in [3.05, 3.63) is 23.8 Å². The highest BCUT2D eigenvalue weighted by Gasteiger charge is 2.17. The summed E-state index contributed by atoms with van der Waals surface area (Å²) in [6.07, 6.45) is 1.16. The second-order valence-corrected chi connectivity index (χ2v) is 3.48. The maximum absolute atomic E-state index is 13.5. The van der Waals surface area contributed by atoms with Gasteiger partial charge in [-0.25, -0.2) is 9.37 Å². The van der Waals surface area contributed by atoms with Gasteiger partial charge in [-0.05, 0) is 12.0 Å². The number of halogens is 1. The van der Waals surface area contributed by atoms with Crippen LogP contribution in [0, 0.1) is 5.82 Å². The van der Waals surface area contributed by atoms with Crippen molar-refractivity contribution in [1.29, 1.82) is 0 Å². The molecule has 0 spiro atoms. The van der Waals surface area contributed by atoms with E-state index < -0.39 is 5.82 Å². The minimum absolute atomic E-state index is 0.0407. The third-order valence-corrected chi connectivity index (χ3v) is 2.19. The van der Waals surface area contributed by atoms with Gasteiger partial charge in [-0.1, -0.05) is 13.8 Å². The van der Waals surface area contributed by atoms with Crippen molar-refractivity contribution in [2.24, 2.45) is 0 Å². The first-order valence-corrected chi connectivity index (χ1v) is 4.35. The lowest BCUT2D eigenvalue weighted by molar-refractivity contribution is 0.426. The van der Waals surface area contributed by atoms with E-state index in [-0.39, 0.29) is 17.2 Å². The van der Waals surface area contributed by atoms with Crippen LogP contribution >= 0.6 is 0 Å². The van der Waals surface area contributed by atoms with Crippen molar-refractivity contribution >= 4 is 11.1 Å². The zero-order valence-corrected chi connectivity index (χ0v) is 7.91. The molecule has 74 valence electrons. The fourth-order valence-electron chi connectivity index (χ4n) is 1.41. The van der Waals surface area contributed by atoms with Crippen molar-refractivity contribution in [2.45, 2.75) is 19.8 Å². The van der Waals surface area contributed by atoms with Gasteiger partial charge in [0.2, 0.25) is 0 Å². The van der Waals surface area contributed by atoms with E-state index in [1.54, 1.807) is 6.07 Å². The number of aromatic hydroxyl groups is 1. The molecule has 0 bridgehead atoms. The maximum atomic E-state index is 13.5. The van der Waals surface area contributed by atoms with Crippen LogP contribution in [0.2, 0.25) is 0 Å². The van der Waals surface area contributed by atoms with E-state index in [0.29, 0.717) is 11.1 Å². The van der Waals surface area contributed by atoms with Gasteiger partial charge in [0.05, 0.1) is 0 Å². The molecule has 0 aliphatic carbocycles. The van der Waals surface area contributed by atoms with Crippen LogP contribution < -0.4 is 0 Å². The minimum atomic E-state index is -0.708. The molecule has 0 saturated heterocycles. The normalized spacial score (nSPS) is 11.4. The van der Waals surface area contributed by atoms with Crippen LogP contribution in [0.4, 0.5) is 4.39 Å². The van der Waals surface area contributed by atoms with E-state index in [9.17, 15) is 9.50 Å². The van der Waals surface area contributed by atoms with Gasteiger partial charge in [0.1, 0.15) is 5.52 Å². The molecule has 1 N–H and O–H groups in total. The smallest absolute Gasteiger partial charge is 0.194 e. The number of hydrogen-bond donors (Lipinski definition) is 1. The number of phenolic OH excluding ortho intramolecular Hbond substituents is 1. The van der Waals surface area contributed by atoms with Crippen LogP contribution in [0.1, 0.15) is 25.3 Å². The van der Waals surface area contributed by atoms with Crippen LogP contribution in [-0.4, -0.2) is 10.1 Å². The number of aromatic nitrogens is 1. The van der Waals surface area contributed by atoms with E-state index in [4.69, 9.17) is 4.42 Å². The average molecular weight is 195 g/mol. The highest BCUT2D eigenvalue weighted by atomic mass is 19.1. The molecule has 3 nitrogen and oxygen atoms in total. The first-order chi connectivity index (χ1) is 6.61. The summed E-state index contributed by atoms with van der Waals surface area (Å²) in [5.74, 6) is -1.000. The zero-order valence-electron chi connectivity index (χ0n) is 7.91. The summed E-state index contributed by atoms with van der Waals surface area (Å²) in [5.41, 5.74) is 0.975. The number of rotatable bonds is 1. The molecule has 0 radical (unpaired) electrons. The molecular weight excluding hydrogens is 185 g/mol. The standard InChI is InChI=1S/C10H10FNO2/c1-5(2)6-3-7-9(12-4-14-7)8(11)10(6)13/h3-5,13H,1-2H3. The lowest BCUT2D eigenvalue weighted by Gasteiger charge is -2.08. The second kappa shape index (κ2) is 2.97.